The lowest BCUT2D eigenvalue weighted by atomic mass is 10.2. The largest absolute Gasteiger partial charge is 0.397 e. The molecule has 0 amide bonds. The number of anilines is 1. The van der Waals surface area contributed by atoms with Crippen LogP contribution in [0.5, 0.6) is 0 Å². The van der Waals surface area contributed by atoms with Gasteiger partial charge in [-0.3, -0.25) is 0 Å². The molecule has 2 aromatic carbocycles. The summed E-state index contributed by atoms with van der Waals surface area (Å²) in [4.78, 5) is 8.72. The van der Waals surface area contributed by atoms with Gasteiger partial charge in [-0.15, -0.1) is 0 Å². The lowest BCUT2D eigenvalue weighted by molar-refractivity contribution is 1.08. The molecule has 0 aliphatic heterocycles. The molecule has 3 rings (SSSR count). The van der Waals surface area contributed by atoms with Gasteiger partial charge in [0.1, 0.15) is 0 Å². The van der Waals surface area contributed by atoms with Crippen molar-refractivity contribution >= 4 is 40.1 Å². The normalized spacial score (nSPS) is 11.1. The summed E-state index contributed by atoms with van der Waals surface area (Å²) in [6, 6.07) is 11.7. The average Bonchev–Trinajstić information content (AvgIpc) is 2.76. The number of benzene rings is 2. The van der Waals surface area contributed by atoms with Gasteiger partial charge in [-0.1, -0.05) is 23.7 Å². The number of H-pyrrole nitrogens is 1. The minimum atomic E-state index is 0.567. The molecular weight excluding hydrogens is 278 g/mol. The Hall–Kier alpha value is -1.65. The SMILES string of the molecule is Cc1ccc2nc(Sc3cccc(Cl)c3N)[nH]c2c1. The highest BCUT2D eigenvalue weighted by Gasteiger charge is 2.08. The summed E-state index contributed by atoms with van der Waals surface area (Å²) in [6.45, 7) is 2.06. The quantitative estimate of drug-likeness (QED) is 0.693. The van der Waals surface area contributed by atoms with Crippen molar-refractivity contribution in [2.45, 2.75) is 17.0 Å². The summed E-state index contributed by atoms with van der Waals surface area (Å²) >= 11 is 7.49. The van der Waals surface area contributed by atoms with E-state index >= 15 is 0 Å². The van der Waals surface area contributed by atoms with Crippen LogP contribution >= 0.6 is 23.4 Å². The number of nitrogens with zero attached hydrogens (tertiary/aromatic N) is 1. The second-order valence-corrected chi connectivity index (χ2v) is 5.75. The van der Waals surface area contributed by atoms with Crippen molar-refractivity contribution in [2.75, 3.05) is 5.73 Å². The standard InChI is InChI=1S/C14H12ClN3S/c1-8-5-6-10-11(7-8)18-14(17-10)19-12-4-2-3-9(15)13(12)16/h2-7H,16H2,1H3,(H,17,18). The summed E-state index contributed by atoms with van der Waals surface area (Å²) in [5.41, 5.74) is 9.73. The minimum absolute atomic E-state index is 0.567. The van der Waals surface area contributed by atoms with Gasteiger partial charge in [-0.2, -0.15) is 0 Å². The molecule has 0 aliphatic carbocycles. The zero-order valence-corrected chi connectivity index (χ0v) is 11.8. The molecule has 0 bridgehead atoms. The van der Waals surface area contributed by atoms with Gasteiger partial charge in [0.15, 0.2) is 5.16 Å². The lowest BCUT2D eigenvalue weighted by Crippen LogP contribution is -1.89. The third kappa shape index (κ3) is 2.41. The Morgan fingerprint density at radius 1 is 1.26 bits per heavy atom. The molecule has 0 fully saturated rings. The predicted octanol–water partition coefficient (Wildman–Crippen LogP) is 4.26. The number of rotatable bonds is 2. The van der Waals surface area contributed by atoms with Crippen molar-refractivity contribution in [2.24, 2.45) is 0 Å². The van der Waals surface area contributed by atoms with Crippen LogP contribution in [0.1, 0.15) is 5.56 Å². The zero-order chi connectivity index (χ0) is 13.4. The van der Waals surface area contributed by atoms with E-state index in [0.717, 1.165) is 21.1 Å². The Kier molecular flexibility index (Phi) is 3.12. The van der Waals surface area contributed by atoms with Crippen molar-refractivity contribution in [3.8, 4) is 0 Å². The molecule has 3 nitrogen and oxygen atoms in total. The number of nitrogens with one attached hydrogen (secondary N) is 1. The maximum absolute atomic E-state index is 6.01. The average molecular weight is 290 g/mol. The van der Waals surface area contributed by atoms with Crippen LogP contribution in [0.3, 0.4) is 0 Å². The molecule has 1 heterocycles. The van der Waals surface area contributed by atoms with Crippen LogP contribution in [0.4, 0.5) is 5.69 Å². The maximum Gasteiger partial charge on any atom is 0.171 e. The first-order valence-electron chi connectivity index (χ1n) is 5.82. The number of fused-ring (bicyclic) bond motifs is 1. The van der Waals surface area contributed by atoms with E-state index in [-0.39, 0.29) is 0 Å². The van der Waals surface area contributed by atoms with Gasteiger partial charge < -0.3 is 10.7 Å². The molecule has 0 atom stereocenters. The molecule has 0 spiro atoms. The highest BCUT2D eigenvalue weighted by Crippen LogP contribution is 2.34. The van der Waals surface area contributed by atoms with E-state index in [2.05, 4.69) is 23.0 Å². The number of hydrogen-bond donors (Lipinski definition) is 2. The van der Waals surface area contributed by atoms with Crippen molar-refractivity contribution < 1.29 is 0 Å². The number of para-hydroxylation sites is 1. The molecule has 0 aliphatic rings. The van der Waals surface area contributed by atoms with E-state index in [9.17, 15) is 0 Å². The summed E-state index contributed by atoms with van der Waals surface area (Å²) in [7, 11) is 0. The fourth-order valence-electron chi connectivity index (χ4n) is 1.86. The first-order chi connectivity index (χ1) is 9.13. The van der Waals surface area contributed by atoms with Gasteiger partial charge in [-0.25, -0.2) is 4.98 Å². The van der Waals surface area contributed by atoms with Crippen LogP contribution in [0.15, 0.2) is 46.5 Å². The predicted molar refractivity (Wildman–Crippen MR) is 80.8 cm³/mol. The minimum Gasteiger partial charge on any atom is -0.397 e. The molecule has 0 saturated carbocycles. The van der Waals surface area contributed by atoms with Crippen molar-refractivity contribution in [3.05, 3.63) is 47.0 Å². The third-order valence-corrected chi connectivity index (χ3v) is 4.13. The van der Waals surface area contributed by atoms with Crippen LogP contribution in [0, 0.1) is 6.92 Å². The first-order valence-corrected chi connectivity index (χ1v) is 7.01. The Bertz CT molecular complexity index is 752. The van der Waals surface area contributed by atoms with Crippen LogP contribution in [0.2, 0.25) is 5.02 Å². The molecule has 0 radical (unpaired) electrons. The molecule has 1 aromatic heterocycles. The Balaban J connectivity index is 1.99. The number of halogens is 1. The van der Waals surface area contributed by atoms with Gasteiger partial charge >= 0.3 is 0 Å². The van der Waals surface area contributed by atoms with Gasteiger partial charge in [0.25, 0.3) is 0 Å². The number of nitrogen functional groups attached to an aromatic ring is 1. The molecule has 0 saturated heterocycles. The number of aromatic nitrogens is 2. The third-order valence-electron chi connectivity index (χ3n) is 2.84. The monoisotopic (exact) mass is 289 g/mol. The van der Waals surface area contributed by atoms with Crippen molar-refractivity contribution in [3.63, 3.8) is 0 Å². The van der Waals surface area contributed by atoms with E-state index < -0.39 is 0 Å². The highest BCUT2D eigenvalue weighted by atomic mass is 35.5. The van der Waals surface area contributed by atoms with Gasteiger partial charge in [0.2, 0.25) is 0 Å². The van der Waals surface area contributed by atoms with Crippen LogP contribution in [-0.4, -0.2) is 9.97 Å². The lowest BCUT2D eigenvalue weighted by Gasteiger charge is -2.04. The molecule has 5 heteroatoms. The number of nitrogens with two attached hydrogens (primary N) is 1. The molecular formula is C14H12ClN3S. The maximum atomic E-state index is 6.01. The second-order valence-electron chi connectivity index (χ2n) is 4.32. The molecule has 96 valence electrons. The summed E-state index contributed by atoms with van der Waals surface area (Å²) in [5.74, 6) is 0. The fourth-order valence-corrected chi connectivity index (χ4v) is 2.97. The number of aromatic amines is 1. The van der Waals surface area contributed by atoms with Gasteiger partial charge in [-0.05, 0) is 48.5 Å². The Labute approximate surface area is 120 Å². The summed E-state index contributed by atoms with van der Waals surface area (Å²) < 4.78 is 0. The van der Waals surface area contributed by atoms with Crippen LogP contribution in [-0.2, 0) is 0 Å². The number of aryl methyl sites for hydroxylation is 1. The zero-order valence-electron chi connectivity index (χ0n) is 10.3. The summed E-state index contributed by atoms with van der Waals surface area (Å²) in [5, 5.41) is 1.38. The molecule has 0 unspecified atom stereocenters. The molecule has 3 aromatic rings. The van der Waals surface area contributed by atoms with Gasteiger partial charge in [0, 0.05) is 4.90 Å². The first kappa shape index (κ1) is 12.4. The number of hydrogen-bond acceptors (Lipinski definition) is 3. The van der Waals surface area contributed by atoms with E-state index in [4.69, 9.17) is 17.3 Å². The van der Waals surface area contributed by atoms with Crippen LogP contribution in [0.25, 0.3) is 11.0 Å². The Morgan fingerprint density at radius 2 is 2.11 bits per heavy atom. The van der Waals surface area contributed by atoms with E-state index in [1.165, 1.54) is 17.3 Å². The van der Waals surface area contributed by atoms with E-state index in [1.807, 2.05) is 24.3 Å². The summed E-state index contributed by atoms with van der Waals surface area (Å²) in [6.07, 6.45) is 0. The highest BCUT2D eigenvalue weighted by molar-refractivity contribution is 7.99. The molecule has 3 N–H and O–H groups in total. The second kappa shape index (κ2) is 4.79. The van der Waals surface area contributed by atoms with Gasteiger partial charge in [0.05, 0.1) is 21.7 Å². The van der Waals surface area contributed by atoms with E-state index in [1.54, 1.807) is 6.07 Å². The van der Waals surface area contributed by atoms with Crippen molar-refractivity contribution in [1.29, 1.82) is 0 Å². The van der Waals surface area contributed by atoms with Crippen molar-refractivity contribution in [1.82, 2.24) is 9.97 Å². The smallest absolute Gasteiger partial charge is 0.171 e. The van der Waals surface area contributed by atoms with E-state index in [0.29, 0.717) is 10.7 Å². The topological polar surface area (TPSA) is 54.7 Å². The molecule has 19 heavy (non-hydrogen) atoms. The number of imidazole rings is 1. The van der Waals surface area contributed by atoms with Crippen LogP contribution < -0.4 is 5.73 Å². The fraction of sp³-hybridized carbons (Fsp3) is 0.0714. The Morgan fingerprint density at radius 3 is 2.95 bits per heavy atom.